The van der Waals surface area contributed by atoms with Crippen LogP contribution in [0.3, 0.4) is 0 Å². The van der Waals surface area contributed by atoms with Crippen LogP contribution in [0.5, 0.6) is 0 Å². The van der Waals surface area contributed by atoms with Crippen LogP contribution in [0.25, 0.3) is 21.7 Å². The molecule has 5 aromatic rings. The number of anilines is 3. The van der Waals surface area contributed by atoms with Crippen LogP contribution in [-0.2, 0) is 14.8 Å². The molecule has 1 heterocycles. The highest BCUT2D eigenvalue weighted by molar-refractivity contribution is 7.89. The second-order valence-corrected chi connectivity index (χ2v) is 13.2. The normalized spacial score (nSPS) is 16.6. The number of sulfonamides is 1. The highest BCUT2D eigenvalue weighted by Crippen LogP contribution is 2.30. The molecular formula is C34H33F4N5O4S. The van der Waals surface area contributed by atoms with Gasteiger partial charge in [0.05, 0.1) is 10.4 Å². The van der Waals surface area contributed by atoms with E-state index in [9.17, 15) is 26.0 Å². The number of nitrogens with one attached hydrogen (secondary N) is 3. The van der Waals surface area contributed by atoms with E-state index < -0.39 is 22.2 Å². The summed E-state index contributed by atoms with van der Waals surface area (Å²) in [6, 6.07) is 27.0. The third-order valence-corrected chi connectivity index (χ3v) is 9.46. The highest BCUT2D eigenvalue weighted by atomic mass is 32.2. The van der Waals surface area contributed by atoms with Crippen LogP contribution in [0.15, 0.2) is 95.9 Å². The van der Waals surface area contributed by atoms with E-state index in [1.165, 1.54) is 12.1 Å². The van der Waals surface area contributed by atoms with Crippen LogP contribution in [0.1, 0.15) is 25.7 Å². The van der Waals surface area contributed by atoms with Crippen molar-refractivity contribution < 1.29 is 35.9 Å². The van der Waals surface area contributed by atoms with Gasteiger partial charge in [-0.2, -0.15) is 18.2 Å². The molecule has 1 saturated carbocycles. The number of benzene rings is 4. The van der Waals surface area contributed by atoms with E-state index in [1.807, 2.05) is 54.6 Å². The number of carboxylic acid groups (broad SMARTS) is 1. The van der Waals surface area contributed by atoms with Gasteiger partial charge in [0.15, 0.2) is 0 Å². The predicted octanol–water partition coefficient (Wildman–Crippen LogP) is 7.50. The molecule has 0 atom stereocenters. The van der Waals surface area contributed by atoms with E-state index in [4.69, 9.17) is 14.9 Å². The number of halogens is 4. The number of carbonyl (C=O) groups is 1. The number of rotatable bonds is 9. The lowest BCUT2D eigenvalue weighted by Crippen LogP contribution is -2.32. The molecule has 4 N–H and O–H groups in total. The van der Waals surface area contributed by atoms with Gasteiger partial charge >= 0.3 is 12.1 Å². The average molecular weight is 684 g/mol. The van der Waals surface area contributed by atoms with Gasteiger partial charge in [0, 0.05) is 24.2 Å². The van der Waals surface area contributed by atoms with Gasteiger partial charge in [-0.05, 0) is 90.8 Å². The largest absolute Gasteiger partial charge is 0.490 e. The van der Waals surface area contributed by atoms with Gasteiger partial charge in [0.25, 0.3) is 0 Å². The fourth-order valence-electron chi connectivity index (χ4n) is 5.47. The molecular weight excluding hydrogens is 650 g/mol. The van der Waals surface area contributed by atoms with Crippen LogP contribution in [0.4, 0.5) is 35.0 Å². The van der Waals surface area contributed by atoms with Gasteiger partial charge in [-0.1, -0.05) is 48.5 Å². The van der Waals surface area contributed by atoms with Gasteiger partial charge in [-0.25, -0.2) is 27.3 Å². The van der Waals surface area contributed by atoms with Crippen molar-refractivity contribution in [2.45, 2.75) is 36.8 Å². The van der Waals surface area contributed by atoms with Crippen molar-refractivity contribution in [2.24, 2.45) is 11.8 Å². The quantitative estimate of drug-likeness (QED) is 0.118. The van der Waals surface area contributed by atoms with Crippen LogP contribution in [0.2, 0.25) is 0 Å². The molecule has 0 amide bonds. The Kier molecular flexibility index (Phi) is 10.7. The minimum atomic E-state index is -5.08. The zero-order valence-electron chi connectivity index (χ0n) is 25.5. The van der Waals surface area contributed by atoms with Crippen molar-refractivity contribution in [3.05, 3.63) is 96.8 Å². The van der Waals surface area contributed by atoms with Crippen LogP contribution < -0.4 is 15.4 Å². The molecule has 0 bridgehead atoms. The molecule has 1 aromatic heterocycles. The highest BCUT2D eigenvalue weighted by Gasteiger charge is 2.38. The number of aromatic nitrogens is 2. The van der Waals surface area contributed by atoms with Crippen molar-refractivity contribution in [3.63, 3.8) is 0 Å². The van der Waals surface area contributed by atoms with Crippen LogP contribution in [-0.4, -0.2) is 48.7 Å². The van der Waals surface area contributed by atoms with Crippen molar-refractivity contribution >= 4 is 55.1 Å². The Balaban J connectivity index is 0.000000582. The summed E-state index contributed by atoms with van der Waals surface area (Å²) < 4.78 is 74.2. The van der Waals surface area contributed by atoms with E-state index in [0.717, 1.165) is 53.9 Å². The Morgan fingerprint density at radius 2 is 1.46 bits per heavy atom. The van der Waals surface area contributed by atoms with E-state index in [2.05, 4.69) is 20.3 Å². The standard InChI is InChI=1S/C32H32FN5O2S.C2HF3O2/c33-26-8-5-9-27(19-26)36-31-29-10-3-4-11-30(29)37-32(38-31)34-20-22-12-14-23(15-13-22)21-35-41(39,40)28-17-16-24-6-1-2-7-25(24)18-28;3-2(4,5)1(6)7/h1-11,16-19,22-23,35H,12-15,20-21H2,(H2,34,36,37,38);(H,6,7). The second kappa shape index (κ2) is 14.9. The Bertz CT molecular complexity index is 2000. The first-order valence-corrected chi connectivity index (χ1v) is 16.7. The fraction of sp³-hybridized carbons (Fsp3) is 0.265. The van der Waals surface area contributed by atoms with Crippen molar-refractivity contribution in [2.75, 3.05) is 23.7 Å². The smallest absolute Gasteiger partial charge is 0.475 e. The molecule has 14 heteroatoms. The summed E-state index contributed by atoms with van der Waals surface area (Å²) in [4.78, 5) is 18.6. The number of fused-ring (bicyclic) bond motifs is 2. The molecule has 0 aliphatic heterocycles. The predicted molar refractivity (Wildman–Crippen MR) is 176 cm³/mol. The first-order valence-electron chi connectivity index (χ1n) is 15.2. The summed E-state index contributed by atoms with van der Waals surface area (Å²) in [5, 5.41) is 16.5. The van der Waals surface area contributed by atoms with Gasteiger partial charge in [-0.3, -0.25) is 0 Å². The SMILES string of the molecule is O=C(O)C(F)(F)F.O=S(=O)(NCC1CCC(CNc2nc(Nc3cccc(F)c3)c3ccccc3n2)CC1)c1ccc2ccccc2c1. The Morgan fingerprint density at radius 1 is 0.812 bits per heavy atom. The third-order valence-electron chi connectivity index (χ3n) is 8.04. The topological polar surface area (TPSA) is 133 Å². The summed E-state index contributed by atoms with van der Waals surface area (Å²) in [5.74, 6) is -1.19. The fourth-order valence-corrected chi connectivity index (χ4v) is 6.63. The lowest BCUT2D eigenvalue weighted by Gasteiger charge is -2.28. The van der Waals surface area contributed by atoms with Crippen molar-refractivity contribution in [1.82, 2.24) is 14.7 Å². The first-order chi connectivity index (χ1) is 22.9. The maximum Gasteiger partial charge on any atom is 0.490 e. The molecule has 252 valence electrons. The second-order valence-electron chi connectivity index (χ2n) is 11.5. The summed E-state index contributed by atoms with van der Waals surface area (Å²) in [7, 11) is -3.56. The Hall–Kier alpha value is -4.82. The van der Waals surface area contributed by atoms with Gasteiger partial charge in [0.2, 0.25) is 16.0 Å². The summed E-state index contributed by atoms with van der Waals surface area (Å²) in [5.41, 5.74) is 1.42. The molecule has 1 aliphatic carbocycles. The molecule has 0 radical (unpaired) electrons. The van der Waals surface area contributed by atoms with Gasteiger partial charge in [0.1, 0.15) is 11.6 Å². The molecule has 4 aromatic carbocycles. The summed E-state index contributed by atoms with van der Waals surface area (Å²) in [6.07, 6.45) is -1.18. The number of alkyl halides is 3. The van der Waals surface area contributed by atoms with E-state index in [-0.39, 0.29) is 5.82 Å². The van der Waals surface area contributed by atoms with E-state index >= 15 is 0 Å². The number of nitrogens with zero attached hydrogens (tertiary/aromatic N) is 2. The zero-order valence-corrected chi connectivity index (χ0v) is 26.4. The van der Waals surface area contributed by atoms with E-state index in [0.29, 0.717) is 40.7 Å². The van der Waals surface area contributed by atoms with Gasteiger partial charge < -0.3 is 15.7 Å². The summed E-state index contributed by atoms with van der Waals surface area (Å²) >= 11 is 0. The minimum Gasteiger partial charge on any atom is -0.475 e. The monoisotopic (exact) mass is 683 g/mol. The molecule has 0 spiro atoms. The van der Waals surface area contributed by atoms with E-state index in [1.54, 1.807) is 24.3 Å². The van der Waals surface area contributed by atoms with Crippen LogP contribution in [0, 0.1) is 17.7 Å². The number of hydrogen-bond donors (Lipinski definition) is 4. The molecule has 48 heavy (non-hydrogen) atoms. The average Bonchev–Trinajstić information content (AvgIpc) is 3.06. The molecule has 0 unspecified atom stereocenters. The van der Waals surface area contributed by atoms with Crippen LogP contribution >= 0.6 is 0 Å². The maximum absolute atomic E-state index is 13.7. The minimum absolute atomic E-state index is 0.302. The molecule has 1 fully saturated rings. The Morgan fingerprint density at radius 3 is 2.15 bits per heavy atom. The van der Waals surface area contributed by atoms with Gasteiger partial charge in [-0.15, -0.1) is 0 Å². The van der Waals surface area contributed by atoms with Crippen molar-refractivity contribution in [3.8, 4) is 0 Å². The third kappa shape index (κ3) is 9.16. The zero-order chi connectivity index (χ0) is 34.3. The Labute approximate surface area is 274 Å². The maximum atomic E-state index is 13.7. The molecule has 6 rings (SSSR count). The number of aliphatic carboxylic acids is 1. The molecule has 9 nitrogen and oxygen atoms in total. The lowest BCUT2D eigenvalue weighted by atomic mass is 9.82. The number of hydrogen-bond acceptors (Lipinski definition) is 7. The molecule has 0 saturated heterocycles. The lowest BCUT2D eigenvalue weighted by molar-refractivity contribution is -0.192. The summed E-state index contributed by atoms with van der Waals surface area (Å²) in [6.45, 7) is 1.17. The van der Waals surface area contributed by atoms with Crippen molar-refractivity contribution in [1.29, 1.82) is 0 Å². The first kappa shape index (κ1) is 34.5. The molecule has 1 aliphatic rings. The number of para-hydroxylation sites is 1. The number of carboxylic acids is 1.